The number of rotatable bonds is 8. The van der Waals surface area contributed by atoms with Crippen LogP contribution in [0.5, 0.6) is 5.75 Å². The number of anilines is 1. The van der Waals surface area contributed by atoms with Crippen molar-refractivity contribution < 1.29 is 9.53 Å². The van der Waals surface area contributed by atoms with Crippen molar-refractivity contribution in [1.29, 1.82) is 10.5 Å². The third-order valence-electron chi connectivity index (χ3n) is 3.25. The second-order valence-electron chi connectivity index (χ2n) is 4.85. The molecule has 0 aliphatic carbocycles. The van der Waals surface area contributed by atoms with E-state index in [4.69, 9.17) is 26.9 Å². The summed E-state index contributed by atoms with van der Waals surface area (Å²) in [6.07, 6.45) is 0.473. The number of halogens is 1. The molecule has 6 nitrogen and oxygen atoms in total. The van der Waals surface area contributed by atoms with Crippen LogP contribution in [-0.4, -0.2) is 37.6 Å². The lowest BCUT2D eigenvalue weighted by Gasteiger charge is -2.21. The molecule has 0 bridgehead atoms. The number of ether oxygens (including phenoxy) is 1. The molecule has 0 aromatic heterocycles. The van der Waals surface area contributed by atoms with Crippen LogP contribution in [0.2, 0.25) is 5.02 Å². The third-order valence-corrected chi connectivity index (χ3v) is 3.66. The molecule has 0 unspecified atom stereocenters. The van der Waals surface area contributed by atoms with Gasteiger partial charge in [0.25, 0.3) is 0 Å². The van der Waals surface area contributed by atoms with Gasteiger partial charge in [-0.25, -0.2) is 0 Å². The fourth-order valence-electron chi connectivity index (χ4n) is 1.98. The molecule has 7 heteroatoms. The number of methoxy groups -OCH3 is 1. The van der Waals surface area contributed by atoms with E-state index in [0.717, 1.165) is 5.56 Å². The molecule has 1 aromatic rings. The largest absolute Gasteiger partial charge is 0.495 e. The Hall–Kier alpha value is -2.44. The van der Waals surface area contributed by atoms with Gasteiger partial charge in [-0.2, -0.15) is 10.5 Å². The number of nitriles is 2. The average Bonchev–Trinajstić information content (AvgIpc) is 2.55. The van der Waals surface area contributed by atoms with Gasteiger partial charge in [-0.15, -0.1) is 0 Å². The van der Waals surface area contributed by atoms with E-state index in [-0.39, 0.29) is 25.3 Å². The van der Waals surface area contributed by atoms with Gasteiger partial charge in [0, 0.05) is 24.2 Å². The SMILES string of the molecule is COc1cc(Cl)c(C)cc1NCC(=O)N(CCC#N)CCC#N. The number of hydrogen-bond acceptors (Lipinski definition) is 5. The molecule has 1 N–H and O–H groups in total. The first-order valence-electron chi connectivity index (χ1n) is 7.13. The molecule has 0 heterocycles. The quantitative estimate of drug-likeness (QED) is 0.789. The number of carbonyl (C=O) groups excluding carboxylic acids is 1. The molecule has 0 aliphatic heterocycles. The van der Waals surface area contributed by atoms with E-state index < -0.39 is 0 Å². The van der Waals surface area contributed by atoms with E-state index in [1.807, 2.05) is 25.1 Å². The normalized spacial score (nSPS) is 9.61. The van der Waals surface area contributed by atoms with Gasteiger partial charge in [0.2, 0.25) is 5.91 Å². The Kier molecular flexibility index (Phi) is 7.73. The summed E-state index contributed by atoms with van der Waals surface area (Å²) in [7, 11) is 1.53. The molecular weight excluding hydrogens is 316 g/mol. The van der Waals surface area contributed by atoms with Crippen molar-refractivity contribution in [1.82, 2.24) is 4.90 Å². The predicted molar refractivity (Wildman–Crippen MR) is 88.3 cm³/mol. The number of aryl methyl sites for hydroxylation is 1. The monoisotopic (exact) mass is 334 g/mol. The highest BCUT2D eigenvalue weighted by Gasteiger charge is 2.14. The summed E-state index contributed by atoms with van der Waals surface area (Å²) in [5, 5.41) is 20.9. The maximum absolute atomic E-state index is 12.3. The van der Waals surface area contributed by atoms with E-state index >= 15 is 0 Å². The van der Waals surface area contributed by atoms with Crippen LogP contribution in [0.1, 0.15) is 18.4 Å². The van der Waals surface area contributed by atoms with Crippen LogP contribution >= 0.6 is 11.6 Å². The molecule has 1 aromatic carbocycles. The minimum absolute atomic E-state index is 0.0499. The summed E-state index contributed by atoms with van der Waals surface area (Å²) < 4.78 is 5.25. The zero-order valence-electron chi connectivity index (χ0n) is 13.2. The Bertz CT molecular complexity index is 616. The average molecular weight is 335 g/mol. The van der Waals surface area contributed by atoms with Crippen molar-refractivity contribution in [3.63, 3.8) is 0 Å². The van der Waals surface area contributed by atoms with Crippen LogP contribution in [0.3, 0.4) is 0 Å². The number of nitrogens with one attached hydrogen (secondary N) is 1. The second-order valence-corrected chi connectivity index (χ2v) is 5.26. The fraction of sp³-hybridized carbons (Fsp3) is 0.438. The lowest BCUT2D eigenvalue weighted by atomic mass is 10.2. The minimum Gasteiger partial charge on any atom is -0.495 e. The number of benzene rings is 1. The summed E-state index contributed by atoms with van der Waals surface area (Å²) in [5.74, 6) is 0.374. The summed E-state index contributed by atoms with van der Waals surface area (Å²) in [6, 6.07) is 7.50. The van der Waals surface area contributed by atoms with E-state index in [1.54, 1.807) is 6.07 Å². The highest BCUT2D eigenvalue weighted by Crippen LogP contribution is 2.30. The van der Waals surface area contributed by atoms with Gasteiger partial charge in [0.15, 0.2) is 0 Å². The van der Waals surface area contributed by atoms with Crippen LogP contribution in [0.25, 0.3) is 0 Å². The first kappa shape index (κ1) is 18.6. The Balaban J connectivity index is 2.75. The van der Waals surface area contributed by atoms with Gasteiger partial charge in [0.05, 0.1) is 44.3 Å². The smallest absolute Gasteiger partial charge is 0.241 e. The fourth-order valence-corrected chi connectivity index (χ4v) is 2.14. The number of nitrogens with zero attached hydrogens (tertiary/aromatic N) is 3. The Morgan fingerprint density at radius 1 is 1.30 bits per heavy atom. The number of amides is 1. The highest BCUT2D eigenvalue weighted by molar-refractivity contribution is 6.31. The molecule has 0 aliphatic rings. The first-order chi connectivity index (χ1) is 11.0. The zero-order valence-corrected chi connectivity index (χ0v) is 14.0. The Morgan fingerprint density at radius 3 is 2.43 bits per heavy atom. The molecule has 122 valence electrons. The van der Waals surface area contributed by atoms with Crippen molar-refractivity contribution in [2.45, 2.75) is 19.8 Å². The van der Waals surface area contributed by atoms with Crippen molar-refractivity contribution in [2.24, 2.45) is 0 Å². The van der Waals surface area contributed by atoms with Gasteiger partial charge < -0.3 is 15.0 Å². The van der Waals surface area contributed by atoms with Crippen LogP contribution in [0, 0.1) is 29.6 Å². The van der Waals surface area contributed by atoms with Crippen LogP contribution in [0.15, 0.2) is 12.1 Å². The van der Waals surface area contributed by atoms with Crippen molar-refractivity contribution in [3.05, 3.63) is 22.7 Å². The Labute approximate surface area is 141 Å². The molecule has 0 saturated heterocycles. The third kappa shape index (κ3) is 5.69. The van der Waals surface area contributed by atoms with E-state index in [2.05, 4.69) is 5.32 Å². The first-order valence-corrected chi connectivity index (χ1v) is 7.51. The maximum Gasteiger partial charge on any atom is 0.241 e. The molecule has 0 saturated carbocycles. The molecule has 0 atom stereocenters. The van der Waals surface area contributed by atoms with Crippen molar-refractivity contribution >= 4 is 23.2 Å². The second kappa shape index (κ2) is 9.55. The topological polar surface area (TPSA) is 89.2 Å². The lowest BCUT2D eigenvalue weighted by Crippen LogP contribution is -2.37. The van der Waals surface area contributed by atoms with Gasteiger partial charge in [-0.1, -0.05) is 11.6 Å². The predicted octanol–water partition coefficient (Wildman–Crippen LogP) is 2.72. The molecule has 1 rings (SSSR count). The number of hydrogen-bond donors (Lipinski definition) is 1. The molecular formula is C16H19ClN4O2. The summed E-state index contributed by atoms with van der Waals surface area (Å²) in [4.78, 5) is 13.8. The van der Waals surface area contributed by atoms with Crippen LogP contribution in [-0.2, 0) is 4.79 Å². The molecule has 0 fully saturated rings. The molecule has 0 radical (unpaired) electrons. The van der Waals surface area contributed by atoms with E-state index in [1.165, 1.54) is 12.0 Å². The van der Waals surface area contributed by atoms with Crippen molar-refractivity contribution in [3.8, 4) is 17.9 Å². The van der Waals surface area contributed by atoms with E-state index in [9.17, 15) is 4.79 Å². The van der Waals surface area contributed by atoms with Crippen LogP contribution in [0.4, 0.5) is 5.69 Å². The lowest BCUT2D eigenvalue weighted by molar-refractivity contribution is -0.129. The molecule has 23 heavy (non-hydrogen) atoms. The Morgan fingerprint density at radius 2 is 1.91 bits per heavy atom. The standard InChI is InChI=1S/C16H19ClN4O2/c1-12-9-14(15(23-2)10-13(12)17)20-11-16(22)21(7-3-5-18)8-4-6-19/h9-10,20H,3-4,7-8,11H2,1-2H3. The van der Waals surface area contributed by atoms with Gasteiger partial charge in [0.1, 0.15) is 5.75 Å². The molecule has 1 amide bonds. The summed E-state index contributed by atoms with van der Waals surface area (Å²) in [6.45, 7) is 2.54. The van der Waals surface area contributed by atoms with E-state index in [0.29, 0.717) is 29.5 Å². The maximum atomic E-state index is 12.3. The summed E-state index contributed by atoms with van der Waals surface area (Å²) in [5.41, 5.74) is 1.54. The highest BCUT2D eigenvalue weighted by atomic mass is 35.5. The van der Waals surface area contributed by atoms with Gasteiger partial charge >= 0.3 is 0 Å². The van der Waals surface area contributed by atoms with Crippen molar-refractivity contribution in [2.75, 3.05) is 32.1 Å². The minimum atomic E-state index is -0.176. The number of carbonyl (C=O) groups is 1. The zero-order chi connectivity index (χ0) is 17.2. The van der Waals surface area contributed by atoms with Gasteiger partial charge in [-0.3, -0.25) is 4.79 Å². The van der Waals surface area contributed by atoms with Crippen LogP contribution < -0.4 is 10.1 Å². The molecule has 0 spiro atoms. The summed E-state index contributed by atoms with van der Waals surface area (Å²) >= 11 is 6.05. The van der Waals surface area contributed by atoms with Gasteiger partial charge in [-0.05, 0) is 18.6 Å².